The Morgan fingerprint density at radius 1 is 1.30 bits per heavy atom. The summed E-state index contributed by atoms with van der Waals surface area (Å²) in [6, 6.07) is 7.66. The molecule has 0 atom stereocenters. The monoisotopic (exact) mass is 277 g/mol. The summed E-state index contributed by atoms with van der Waals surface area (Å²) in [4.78, 5) is 14.2. The molecule has 1 aromatic rings. The maximum Gasteiger partial charge on any atom is 0.225 e. The van der Waals surface area contributed by atoms with Crippen molar-refractivity contribution in [1.29, 1.82) is 0 Å². The molecule has 0 spiro atoms. The van der Waals surface area contributed by atoms with Crippen molar-refractivity contribution in [3.63, 3.8) is 0 Å². The molecule has 1 rings (SSSR count). The number of amides is 1. The van der Waals surface area contributed by atoms with Gasteiger partial charge in [0.1, 0.15) is 0 Å². The molecule has 0 unspecified atom stereocenters. The van der Waals surface area contributed by atoms with Crippen LogP contribution in [0, 0.1) is 5.92 Å². The maximum atomic E-state index is 11.9. The van der Waals surface area contributed by atoms with E-state index in [0.29, 0.717) is 18.9 Å². The number of anilines is 1. The van der Waals surface area contributed by atoms with Crippen molar-refractivity contribution >= 4 is 11.6 Å². The van der Waals surface area contributed by atoms with E-state index in [1.54, 1.807) is 0 Å². The second kappa shape index (κ2) is 8.72. The van der Waals surface area contributed by atoms with Gasteiger partial charge in [-0.1, -0.05) is 32.9 Å². The number of hydrogen-bond donors (Lipinski definition) is 2. The largest absolute Gasteiger partial charge is 0.326 e. The van der Waals surface area contributed by atoms with Crippen LogP contribution in [0.15, 0.2) is 24.3 Å². The number of benzene rings is 1. The van der Waals surface area contributed by atoms with Gasteiger partial charge < -0.3 is 16.0 Å². The van der Waals surface area contributed by atoms with E-state index in [9.17, 15) is 4.79 Å². The second-order valence-electron chi connectivity index (χ2n) is 5.49. The van der Waals surface area contributed by atoms with Gasteiger partial charge in [0.15, 0.2) is 0 Å². The number of carbonyl (C=O) groups is 1. The van der Waals surface area contributed by atoms with Gasteiger partial charge >= 0.3 is 0 Å². The van der Waals surface area contributed by atoms with Crippen LogP contribution in [0.3, 0.4) is 0 Å². The van der Waals surface area contributed by atoms with E-state index >= 15 is 0 Å². The Bertz CT molecular complexity index is 401. The molecular weight excluding hydrogens is 250 g/mol. The fourth-order valence-corrected chi connectivity index (χ4v) is 2.10. The first-order chi connectivity index (χ1) is 9.55. The van der Waals surface area contributed by atoms with Crippen LogP contribution in [0.5, 0.6) is 0 Å². The number of rotatable bonds is 8. The van der Waals surface area contributed by atoms with E-state index in [0.717, 1.165) is 30.9 Å². The fraction of sp³-hybridized carbons (Fsp3) is 0.562. The Morgan fingerprint density at radius 2 is 1.95 bits per heavy atom. The summed E-state index contributed by atoms with van der Waals surface area (Å²) in [6.07, 6.45) is 0.527. The Morgan fingerprint density at radius 3 is 2.45 bits per heavy atom. The summed E-state index contributed by atoms with van der Waals surface area (Å²) in [5.74, 6) is 0.689. The highest BCUT2D eigenvalue weighted by atomic mass is 16.1. The van der Waals surface area contributed by atoms with E-state index in [-0.39, 0.29) is 5.91 Å². The molecule has 0 aromatic heterocycles. The van der Waals surface area contributed by atoms with Gasteiger partial charge in [-0.2, -0.15) is 0 Å². The van der Waals surface area contributed by atoms with Crippen LogP contribution in [-0.2, 0) is 11.3 Å². The van der Waals surface area contributed by atoms with Gasteiger partial charge in [-0.25, -0.2) is 0 Å². The summed E-state index contributed by atoms with van der Waals surface area (Å²) in [5, 5.41) is 2.92. The Balaban J connectivity index is 2.38. The van der Waals surface area contributed by atoms with E-state index < -0.39 is 0 Å². The third-order valence-corrected chi connectivity index (χ3v) is 3.20. The summed E-state index contributed by atoms with van der Waals surface area (Å²) < 4.78 is 0. The molecule has 0 heterocycles. The van der Waals surface area contributed by atoms with Gasteiger partial charge in [-0.3, -0.25) is 4.79 Å². The molecule has 0 fully saturated rings. The standard InChI is InChI=1S/C16H27N3O/c1-4-19(12-13(2)3)10-9-16(20)18-15-7-5-14(11-17)6-8-15/h5-8,13H,4,9-12,17H2,1-3H3,(H,18,20). The van der Waals surface area contributed by atoms with Crippen LogP contribution in [0.4, 0.5) is 5.69 Å². The fourth-order valence-electron chi connectivity index (χ4n) is 2.10. The molecule has 0 saturated heterocycles. The number of carbonyl (C=O) groups excluding carboxylic acids is 1. The average Bonchev–Trinajstić information content (AvgIpc) is 2.44. The first-order valence-electron chi connectivity index (χ1n) is 7.36. The Hall–Kier alpha value is -1.39. The molecular formula is C16H27N3O. The van der Waals surface area contributed by atoms with E-state index in [2.05, 4.69) is 31.0 Å². The summed E-state index contributed by atoms with van der Waals surface area (Å²) in [5.41, 5.74) is 7.44. The molecule has 0 aliphatic rings. The topological polar surface area (TPSA) is 58.4 Å². The minimum Gasteiger partial charge on any atom is -0.326 e. The van der Waals surface area contributed by atoms with Crippen molar-refractivity contribution in [3.8, 4) is 0 Å². The van der Waals surface area contributed by atoms with Gasteiger partial charge in [0.2, 0.25) is 5.91 Å². The minimum absolute atomic E-state index is 0.0627. The predicted molar refractivity (Wildman–Crippen MR) is 84.5 cm³/mol. The lowest BCUT2D eigenvalue weighted by molar-refractivity contribution is -0.116. The van der Waals surface area contributed by atoms with Crippen LogP contribution in [0.25, 0.3) is 0 Å². The van der Waals surface area contributed by atoms with Crippen LogP contribution >= 0.6 is 0 Å². The highest BCUT2D eigenvalue weighted by Crippen LogP contribution is 2.09. The highest BCUT2D eigenvalue weighted by Gasteiger charge is 2.08. The van der Waals surface area contributed by atoms with E-state index in [1.807, 2.05) is 24.3 Å². The summed E-state index contributed by atoms with van der Waals surface area (Å²) >= 11 is 0. The first kappa shape index (κ1) is 16.7. The van der Waals surface area contributed by atoms with Crippen molar-refractivity contribution in [2.24, 2.45) is 11.7 Å². The molecule has 0 radical (unpaired) electrons. The van der Waals surface area contributed by atoms with Gasteiger partial charge in [0, 0.05) is 31.7 Å². The van der Waals surface area contributed by atoms with Gasteiger partial charge in [0.25, 0.3) is 0 Å². The zero-order valence-corrected chi connectivity index (χ0v) is 12.9. The molecule has 0 aliphatic heterocycles. The maximum absolute atomic E-state index is 11.9. The van der Waals surface area contributed by atoms with Crippen LogP contribution in [0.2, 0.25) is 0 Å². The van der Waals surface area contributed by atoms with Gasteiger partial charge in [-0.15, -0.1) is 0 Å². The molecule has 1 amide bonds. The first-order valence-corrected chi connectivity index (χ1v) is 7.36. The molecule has 3 N–H and O–H groups in total. The molecule has 0 saturated carbocycles. The lowest BCUT2D eigenvalue weighted by atomic mass is 10.2. The normalized spacial score (nSPS) is 11.1. The van der Waals surface area contributed by atoms with Crippen molar-refractivity contribution in [3.05, 3.63) is 29.8 Å². The van der Waals surface area contributed by atoms with Gasteiger partial charge in [-0.05, 0) is 30.2 Å². The molecule has 1 aromatic carbocycles. The molecule has 0 aliphatic carbocycles. The van der Waals surface area contributed by atoms with Crippen molar-refractivity contribution in [2.45, 2.75) is 33.7 Å². The zero-order valence-electron chi connectivity index (χ0n) is 12.9. The van der Waals surface area contributed by atoms with Crippen molar-refractivity contribution < 1.29 is 4.79 Å². The summed E-state index contributed by atoms with van der Waals surface area (Å²) in [7, 11) is 0. The lowest BCUT2D eigenvalue weighted by Gasteiger charge is -2.22. The average molecular weight is 277 g/mol. The predicted octanol–water partition coefficient (Wildman–Crippen LogP) is 2.45. The summed E-state index contributed by atoms with van der Waals surface area (Å²) in [6.45, 7) is 9.87. The quantitative estimate of drug-likeness (QED) is 0.767. The number of nitrogens with one attached hydrogen (secondary N) is 1. The number of nitrogens with two attached hydrogens (primary N) is 1. The molecule has 4 heteroatoms. The zero-order chi connectivity index (χ0) is 15.0. The minimum atomic E-state index is 0.0627. The van der Waals surface area contributed by atoms with Crippen LogP contribution in [-0.4, -0.2) is 30.4 Å². The smallest absolute Gasteiger partial charge is 0.225 e. The van der Waals surface area contributed by atoms with E-state index in [1.165, 1.54) is 0 Å². The van der Waals surface area contributed by atoms with Crippen LogP contribution < -0.4 is 11.1 Å². The molecule has 0 bridgehead atoms. The van der Waals surface area contributed by atoms with Crippen molar-refractivity contribution in [2.75, 3.05) is 25.0 Å². The third kappa shape index (κ3) is 6.17. The third-order valence-electron chi connectivity index (χ3n) is 3.20. The molecule has 112 valence electrons. The van der Waals surface area contributed by atoms with Gasteiger partial charge in [0.05, 0.1) is 0 Å². The number of hydrogen-bond acceptors (Lipinski definition) is 3. The SMILES string of the molecule is CCN(CCC(=O)Nc1ccc(CN)cc1)CC(C)C. The molecule has 20 heavy (non-hydrogen) atoms. The lowest BCUT2D eigenvalue weighted by Crippen LogP contribution is -2.31. The van der Waals surface area contributed by atoms with E-state index in [4.69, 9.17) is 5.73 Å². The molecule has 4 nitrogen and oxygen atoms in total. The highest BCUT2D eigenvalue weighted by molar-refractivity contribution is 5.90. The van der Waals surface area contributed by atoms with Crippen LogP contribution in [0.1, 0.15) is 32.8 Å². The number of nitrogens with zero attached hydrogens (tertiary/aromatic N) is 1. The van der Waals surface area contributed by atoms with Crippen molar-refractivity contribution in [1.82, 2.24) is 4.90 Å². The Labute approximate surface area is 122 Å². The Kier molecular flexibility index (Phi) is 7.26. The second-order valence-corrected chi connectivity index (χ2v) is 5.49.